The number of hydrogen-bond donors (Lipinski definition) is 2. The zero-order valence-corrected chi connectivity index (χ0v) is 13.1. The van der Waals surface area contributed by atoms with Crippen LogP contribution in [0.3, 0.4) is 0 Å². The number of benzene rings is 1. The van der Waals surface area contributed by atoms with Crippen LogP contribution in [0.2, 0.25) is 0 Å². The molecule has 1 aromatic heterocycles. The predicted molar refractivity (Wildman–Crippen MR) is 89.6 cm³/mol. The highest BCUT2D eigenvalue weighted by atomic mass is 15.1. The molecule has 0 radical (unpaired) electrons. The second-order valence-electron chi connectivity index (χ2n) is 5.14. The van der Waals surface area contributed by atoms with Gasteiger partial charge in [-0.3, -0.25) is 0 Å². The topological polar surface area (TPSA) is 49.8 Å². The summed E-state index contributed by atoms with van der Waals surface area (Å²) in [6, 6.07) is 12.0. The van der Waals surface area contributed by atoms with E-state index in [9.17, 15) is 0 Å². The zero-order valence-electron chi connectivity index (χ0n) is 13.1. The molecule has 1 aromatic carbocycles. The summed E-state index contributed by atoms with van der Waals surface area (Å²) in [5, 5.41) is 6.54. The van der Waals surface area contributed by atoms with E-state index in [1.165, 1.54) is 12.8 Å². The molecular weight excluding hydrogens is 260 g/mol. The van der Waals surface area contributed by atoms with Gasteiger partial charge in [-0.1, -0.05) is 57.0 Å². The molecule has 2 rings (SSSR count). The number of aromatic nitrogens is 2. The van der Waals surface area contributed by atoms with E-state index in [1.54, 1.807) is 0 Å². The van der Waals surface area contributed by atoms with Gasteiger partial charge in [-0.25, -0.2) is 9.97 Å². The van der Waals surface area contributed by atoms with E-state index in [4.69, 9.17) is 0 Å². The maximum absolute atomic E-state index is 4.63. The molecule has 0 saturated heterocycles. The van der Waals surface area contributed by atoms with Crippen molar-refractivity contribution in [1.29, 1.82) is 0 Å². The third kappa shape index (κ3) is 4.18. The first-order valence-corrected chi connectivity index (χ1v) is 7.62. The first-order chi connectivity index (χ1) is 10.3. The van der Waals surface area contributed by atoms with Gasteiger partial charge in [0.1, 0.15) is 11.6 Å². The fourth-order valence-corrected chi connectivity index (χ4v) is 2.21. The summed E-state index contributed by atoms with van der Waals surface area (Å²) in [7, 11) is 1.88. The molecule has 2 N–H and O–H groups in total. The van der Waals surface area contributed by atoms with Crippen molar-refractivity contribution in [2.75, 3.05) is 24.2 Å². The van der Waals surface area contributed by atoms with Crippen LogP contribution in [0, 0.1) is 5.92 Å². The molecule has 21 heavy (non-hydrogen) atoms. The highest BCUT2D eigenvalue weighted by Crippen LogP contribution is 2.20. The van der Waals surface area contributed by atoms with Crippen LogP contribution in [0.15, 0.2) is 36.4 Å². The largest absolute Gasteiger partial charge is 0.373 e. The molecule has 4 heteroatoms. The van der Waals surface area contributed by atoms with Crippen LogP contribution in [0.1, 0.15) is 26.7 Å². The van der Waals surface area contributed by atoms with Gasteiger partial charge in [0.2, 0.25) is 0 Å². The Hall–Kier alpha value is -2.10. The summed E-state index contributed by atoms with van der Waals surface area (Å²) in [5.41, 5.74) is 1.03. The Balaban J connectivity index is 2.22. The smallest absolute Gasteiger partial charge is 0.163 e. The van der Waals surface area contributed by atoms with Crippen LogP contribution >= 0.6 is 0 Å². The molecule has 0 aliphatic heterocycles. The lowest BCUT2D eigenvalue weighted by molar-refractivity contribution is 0.518. The van der Waals surface area contributed by atoms with E-state index in [0.29, 0.717) is 5.92 Å². The molecule has 0 unspecified atom stereocenters. The van der Waals surface area contributed by atoms with E-state index in [2.05, 4.69) is 34.4 Å². The van der Waals surface area contributed by atoms with Crippen molar-refractivity contribution in [2.45, 2.75) is 26.7 Å². The first-order valence-electron chi connectivity index (χ1n) is 7.62. The molecule has 0 atom stereocenters. The van der Waals surface area contributed by atoms with Gasteiger partial charge in [0.15, 0.2) is 5.82 Å². The van der Waals surface area contributed by atoms with E-state index >= 15 is 0 Å². The van der Waals surface area contributed by atoms with Crippen LogP contribution in [0.5, 0.6) is 0 Å². The van der Waals surface area contributed by atoms with Crippen molar-refractivity contribution in [1.82, 2.24) is 9.97 Å². The fraction of sp³-hybridized carbons (Fsp3) is 0.412. The lowest BCUT2D eigenvalue weighted by Gasteiger charge is -2.15. The summed E-state index contributed by atoms with van der Waals surface area (Å²) in [4.78, 5) is 9.16. The van der Waals surface area contributed by atoms with Crippen LogP contribution in [-0.4, -0.2) is 23.6 Å². The molecule has 4 nitrogen and oxygen atoms in total. The Labute approximate surface area is 127 Å². The molecule has 2 aromatic rings. The fourth-order valence-electron chi connectivity index (χ4n) is 2.21. The Kier molecular flexibility index (Phi) is 5.55. The maximum Gasteiger partial charge on any atom is 0.163 e. The van der Waals surface area contributed by atoms with E-state index < -0.39 is 0 Å². The molecular formula is C17H24N4. The first kappa shape index (κ1) is 15.3. The molecule has 0 spiro atoms. The van der Waals surface area contributed by atoms with Crippen molar-refractivity contribution in [3.8, 4) is 11.4 Å². The predicted octanol–water partition coefficient (Wildman–Crippen LogP) is 4.03. The summed E-state index contributed by atoms with van der Waals surface area (Å²) in [6.45, 7) is 5.40. The quantitative estimate of drug-likeness (QED) is 0.806. The summed E-state index contributed by atoms with van der Waals surface area (Å²) in [6.07, 6.45) is 2.36. The van der Waals surface area contributed by atoms with Crippen molar-refractivity contribution >= 4 is 11.6 Å². The third-order valence-corrected chi connectivity index (χ3v) is 3.74. The number of hydrogen-bond acceptors (Lipinski definition) is 4. The summed E-state index contributed by atoms with van der Waals surface area (Å²) < 4.78 is 0. The van der Waals surface area contributed by atoms with Crippen molar-refractivity contribution < 1.29 is 0 Å². The molecule has 112 valence electrons. The number of nitrogens with zero attached hydrogens (tertiary/aromatic N) is 2. The Morgan fingerprint density at radius 3 is 2.29 bits per heavy atom. The monoisotopic (exact) mass is 284 g/mol. The summed E-state index contributed by atoms with van der Waals surface area (Å²) in [5.74, 6) is 3.13. The Morgan fingerprint density at radius 1 is 1.00 bits per heavy atom. The molecule has 0 amide bonds. The average molecular weight is 284 g/mol. The van der Waals surface area contributed by atoms with E-state index in [1.807, 2.05) is 43.4 Å². The van der Waals surface area contributed by atoms with Crippen molar-refractivity contribution in [3.05, 3.63) is 36.4 Å². The van der Waals surface area contributed by atoms with Gasteiger partial charge in [-0.15, -0.1) is 0 Å². The van der Waals surface area contributed by atoms with Crippen LogP contribution in [0.4, 0.5) is 11.6 Å². The number of anilines is 2. The van der Waals surface area contributed by atoms with Crippen LogP contribution in [-0.2, 0) is 0 Å². The molecule has 0 fully saturated rings. The molecule has 1 heterocycles. The van der Waals surface area contributed by atoms with E-state index in [0.717, 1.165) is 29.6 Å². The van der Waals surface area contributed by atoms with Gasteiger partial charge in [0.05, 0.1) is 0 Å². The van der Waals surface area contributed by atoms with Gasteiger partial charge < -0.3 is 10.6 Å². The van der Waals surface area contributed by atoms with Gasteiger partial charge in [0, 0.05) is 25.2 Å². The second kappa shape index (κ2) is 7.62. The summed E-state index contributed by atoms with van der Waals surface area (Å²) >= 11 is 0. The minimum absolute atomic E-state index is 0.679. The van der Waals surface area contributed by atoms with Gasteiger partial charge in [-0.05, 0) is 5.92 Å². The number of rotatable bonds is 7. The van der Waals surface area contributed by atoms with Crippen LogP contribution < -0.4 is 10.6 Å². The average Bonchev–Trinajstić information content (AvgIpc) is 2.56. The lowest BCUT2D eigenvalue weighted by atomic mass is 10.0. The Morgan fingerprint density at radius 2 is 1.67 bits per heavy atom. The highest BCUT2D eigenvalue weighted by Gasteiger charge is 2.08. The number of nitrogens with one attached hydrogen (secondary N) is 2. The Bertz CT molecular complexity index is 550. The van der Waals surface area contributed by atoms with Crippen molar-refractivity contribution in [2.24, 2.45) is 5.92 Å². The highest BCUT2D eigenvalue weighted by molar-refractivity contribution is 5.61. The second-order valence-corrected chi connectivity index (χ2v) is 5.14. The molecule has 0 aliphatic carbocycles. The zero-order chi connectivity index (χ0) is 15.1. The lowest BCUT2D eigenvalue weighted by Crippen LogP contribution is -2.14. The minimum atomic E-state index is 0.679. The van der Waals surface area contributed by atoms with Gasteiger partial charge >= 0.3 is 0 Å². The minimum Gasteiger partial charge on any atom is -0.373 e. The van der Waals surface area contributed by atoms with Crippen LogP contribution in [0.25, 0.3) is 11.4 Å². The van der Waals surface area contributed by atoms with E-state index in [-0.39, 0.29) is 0 Å². The van der Waals surface area contributed by atoms with Gasteiger partial charge in [0.25, 0.3) is 0 Å². The van der Waals surface area contributed by atoms with Gasteiger partial charge in [-0.2, -0.15) is 0 Å². The molecule has 0 aliphatic rings. The molecule has 0 bridgehead atoms. The normalized spacial score (nSPS) is 10.7. The SMILES string of the molecule is CCC(CC)CNc1cc(NC)nc(-c2ccccc2)n1. The standard InChI is InChI=1S/C17H24N4/c1-4-13(5-2)12-19-16-11-15(18-3)20-17(21-16)14-9-7-6-8-10-14/h6-11,13H,4-5,12H2,1-3H3,(H2,18,19,20,21). The molecule has 0 saturated carbocycles. The maximum atomic E-state index is 4.63. The third-order valence-electron chi connectivity index (χ3n) is 3.74. The van der Waals surface area contributed by atoms with Crippen molar-refractivity contribution in [3.63, 3.8) is 0 Å².